The smallest absolute Gasteiger partial charge is 0.124 e. The van der Waals surface area contributed by atoms with Gasteiger partial charge in [-0.25, -0.2) is 0 Å². The molecule has 2 N–H and O–H groups in total. The molecule has 0 spiro atoms. The van der Waals surface area contributed by atoms with Gasteiger partial charge >= 0.3 is 0 Å². The lowest BCUT2D eigenvalue weighted by Crippen LogP contribution is -2.08. The second-order valence-corrected chi connectivity index (χ2v) is 5.56. The Bertz CT molecular complexity index is 566. The van der Waals surface area contributed by atoms with Crippen molar-refractivity contribution in [2.24, 2.45) is 5.73 Å². The maximum absolute atomic E-state index is 5.97. The van der Waals surface area contributed by atoms with Crippen molar-refractivity contribution in [1.82, 2.24) is 0 Å². The minimum absolute atomic E-state index is 0.0326. The fourth-order valence-corrected chi connectivity index (χ4v) is 2.31. The molecule has 0 aromatic heterocycles. The van der Waals surface area contributed by atoms with Crippen LogP contribution in [0.15, 0.2) is 46.9 Å². The third-order valence-corrected chi connectivity index (χ3v) is 3.77. The molecule has 0 aliphatic heterocycles. The Balaban J connectivity index is 2.19. The maximum Gasteiger partial charge on any atom is 0.124 e. The predicted octanol–water partition coefficient (Wildman–Crippen LogP) is 4.36. The van der Waals surface area contributed by atoms with Gasteiger partial charge in [0.15, 0.2) is 0 Å². The molecule has 1 atom stereocenters. The zero-order valence-electron chi connectivity index (χ0n) is 11.2. The largest absolute Gasteiger partial charge is 0.489 e. The highest BCUT2D eigenvalue weighted by atomic mass is 79.9. The first-order valence-corrected chi connectivity index (χ1v) is 7.09. The highest BCUT2D eigenvalue weighted by Crippen LogP contribution is 2.27. The molecule has 100 valence electrons. The van der Waals surface area contributed by atoms with Crippen molar-refractivity contribution in [2.75, 3.05) is 0 Å². The Hall–Kier alpha value is -1.32. The highest BCUT2D eigenvalue weighted by molar-refractivity contribution is 9.10. The van der Waals surface area contributed by atoms with Gasteiger partial charge in [-0.05, 0) is 31.5 Å². The molecular weight excluding hydrogens is 302 g/mol. The van der Waals surface area contributed by atoms with Gasteiger partial charge in [-0.2, -0.15) is 0 Å². The van der Waals surface area contributed by atoms with Crippen LogP contribution in [0.2, 0.25) is 0 Å². The van der Waals surface area contributed by atoms with E-state index in [1.165, 1.54) is 5.56 Å². The number of hydrogen-bond donors (Lipinski definition) is 1. The summed E-state index contributed by atoms with van der Waals surface area (Å²) in [6.07, 6.45) is 0. The van der Waals surface area contributed by atoms with Crippen molar-refractivity contribution < 1.29 is 4.74 Å². The molecule has 2 aromatic rings. The fourth-order valence-electron chi connectivity index (χ4n) is 1.91. The van der Waals surface area contributed by atoms with E-state index in [4.69, 9.17) is 10.5 Å². The summed E-state index contributed by atoms with van der Waals surface area (Å²) in [6.45, 7) is 4.55. The van der Waals surface area contributed by atoms with Crippen molar-refractivity contribution in [3.05, 3.63) is 63.6 Å². The van der Waals surface area contributed by atoms with E-state index >= 15 is 0 Å². The zero-order valence-corrected chi connectivity index (χ0v) is 12.8. The molecule has 2 nitrogen and oxygen atoms in total. The van der Waals surface area contributed by atoms with Crippen molar-refractivity contribution in [3.8, 4) is 5.75 Å². The van der Waals surface area contributed by atoms with E-state index in [0.29, 0.717) is 6.61 Å². The van der Waals surface area contributed by atoms with Crippen LogP contribution >= 0.6 is 15.9 Å². The second-order valence-electron chi connectivity index (χ2n) is 4.71. The summed E-state index contributed by atoms with van der Waals surface area (Å²) >= 11 is 3.53. The van der Waals surface area contributed by atoms with Crippen LogP contribution in [0.3, 0.4) is 0 Å². The molecule has 2 aromatic carbocycles. The summed E-state index contributed by atoms with van der Waals surface area (Å²) in [5.41, 5.74) is 9.31. The van der Waals surface area contributed by atoms with Crippen LogP contribution in [0.1, 0.15) is 29.7 Å². The topological polar surface area (TPSA) is 35.2 Å². The summed E-state index contributed by atoms with van der Waals surface area (Å²) < 4.78 is 7.00. The normalized spacial score (nSPS) is 12.2. The van der Waals surface area contributed by atoms with Gasteiger partial charge in [-0.1, -0.05) is 46.3 Å². The summed E-state index contributed by atoms with van der Waals surface area (Å²) in [7, 11) is 0. The van der Waals surface area contributed by atoms with Crippen LogP contribution in [0.4, 0.5) is 0 Å². The molecule has 0 radical (unpaired) electrons. The van der Waals surface area contributed by atoms with Gasteiger partial charge in [0.1, 0.15) is 12.4 Å². The molecule has 19 heavy (non-hydrogen) atoms. The number of aryl methyl sites for hydroxylation is 1. The molecule has 0 amide bonds. The summed E-state index contributed by atoms with van der Waals surface area (Å²) in [5.74, 6) is 0.866. The molecule has 0 bridgehead atoms. The first-order chi connectivity index (χ1) is 9.08. The number of ether oxygens (including phenoxy) is 1. The van der Waals surface area contributed by atoms with Gasteiger partial charge in [-0.3, -0.25) is 0 Å². The Morgan fingerprint density at radius 1 is 1.21 bits per heavy atom. The molecule has 2 rings (SSSR count). The first kappa shape index (κ1) is 14.1. The summed E-state index contributed by atoms with van der Waals surface area (Å²) in [5, 5.41) is 0. The number of hydrogen-bond acceptors (Lipinski definition) is 2. The van der Waals surface area contributed by atoms with Crippen LogP contribution in [0.5, 0.6) is 5.75 Å². The van der Waals surface area contributed by atoms with Crippen LogP contribution in [0.25, 0.3) is 0 Å². The Morgan fingerprint density at radius 3 is 2.63 bits per heavy atom. The van der Waals surface area contributed by atoms with E-state index in [1.807, 2.05) is 43.3 Å². The second kappa shape index (κ2) is 6.22. The van der Waals surface area contributed by atoms with E-state index in [0.717, 1.165) is 21.3 Å². The Kier molecular flexibility index (Phi) is 4.61. The number of rotatable bonds is 4. The standard InChI is InChI=1S/C16H18BrNO/c1-11-7-8-14(12(2)18)16(9-11)19-10-13-5-3-4-6-15(13)17/h3-9,12H,10,18H2,1-2H3/t12-/m0/s1. The minimum Gasteiger partial charge on any atom is -0.489 e. The van der Waals surface area contributed by atoms with Gasteiger partial charge in [0.05, 0.1) is 0 Å². The van der Waals surface area contributed by atoms with Crippen LogP contribution in [0, 0.1) is 6.92 Å². The molecule has 0 fully saturated rings. The van der Waals surface area contributed by atoms with Crippen molar-refractivity contribution in [2.45, 2.75) is 26.5 Å². The van der Waals surface area contributed by atoms with E-state index in [-0.39, 0.29) is 6.04 Å². The molecule has 0 aliphatic carbocycles. The van der Waals surface area contributed by atoms with Gasteiger partial charge in [0, 0.05) is 21.6 Å². The summed E-state index contributed by atoms with van der Waals surface area (Å²) in [4.78, 5) is 0. The van der Waals surface area contributed by atoms with Crippen LogP contribution in [-0.4, -0.2) is 0 Å². The maximum atomic E-state index is 5.97. The third-order valence-electron chi connectivity index (χ3n) is 3.00. The van der Waals surface area contributed by atoms with Gasteiger partial charge in [0.2, 0.25) is 0 Å². The lowest BCUT2D eigenvalue weighted by molar-refractivity contribution is 0.300. The lowest BCUT2D eigenvalue weighted by Gasteiger charge is -2.15. The molecule has 0 unspecified atom stereocenters. The Morgan fingerprint density at radius 2 is 1.95 bits per heavy atom. The van der Waals surface area contributed by atoms with Gasteiger partial charge in [-0.15, -0.1) is 0 Å². The molecule has 3 heteroatoms. The first-order valence-electron chi connectivity index (χ1n) is 6.30. The van der Waals surface area contributed by atoms with E-state index in [2.05, 4.69) is 28.9 Å². The Labute approximate surface area is 122 Å². The molecule has 0 saturated heterocycles. The van der Waals surface area contributed by atoms with Gasteiger partial charge in [0.25, 0.3) is 0 Å². The third kappa shape index (κ3) is 3.58. The van der Waals surface area contributed by atoms with Crippen LogP contribution in [-0.2, 0) is 6.61 Å². The number of halogens is 1. The number of nitrogens with two attached hydrogens (primary N) is 1. The average molecular weight is 320 g/mol. The highest BCUT2D eigenvalue weighted by Gasteiger charge is 2.09. The monoisotopic (exact) mass is 319 g/mol. The fraction of sp³-hybridized carbons (Fsp3) is 0.250. The quantitative estimate of drug-likeness (QED) is 0.908. The van der Waals surface area contributed by atoms with Crippen LogP contribution < -0.4 is 10.5 Å². The molecular formula is C16H18BrNO. The molecule has 0 saturated carbocycles. The predicted molar refractivity (Wildman–Crippen MR) is 82.3 cm³/mol. The van der Waals surface area contributed by atoms with Crippen molar-refractivity contribution in [3.63, 3.8) is 0 Å². The van der Waals surface area contributed by atoms with Crippen molar-refractivity contribution in [1.29, 1.82) is 0 Å². The van der Waals surface area contributed by atoms with E-state index in [1.54, 1.807) is 0 Å². The van der Waals surface area contributed by atoms with E-state index in [9.17, 15) is 0 Å². The van der Waals surface area contributed by atoms with Crippen molar-refractivity contribution >= 4 is 15.9 Å². The summed E-state index contributed by atoms with van der Waals surface area (Å²) in [6, 6.07) is 14.2. The van der Waals surface area contributed by atoms with Gasteiger partial charge < -0.3 is 10.5 Å². The zero-order chi connectivity index (χ0) is 13.8. The lowest BCUT2D eigenvalue weighted by atomic mass is 10.1. The number of benzene rings is 2. The minimum atomic E-state index is -0.0326. The van der Waals surface area contributed by atoms with E-state index < -0.39 is 0 Å². The average Bonchev–Trinajstić information content (AvgIpc) is 2.37. The molecule has 0 heterocycles. The molecule has 0 aliphatic rings. The SMILES string of the molecule is Cc1ccc([C@H](C)N)c(OCc2ccccc2Br)c1.